The van der Waals surface area contributed by atoms with E-state index in [0.29, 0.717) is 12.2 Å². The lowest BCUT2D eigenvalue weighted by Gasteiger charge is -2.48. The predicted molar refractivity (Wildman–Crippen MR) is 105 cm³/mol. The van der Waals surface area contributed by atoms with Gasteiger partial charge in [0.1, 0.15) is 0 Å². The lowest BCUT2D eigenvalue weighted by molar-refractivity contribution is -0.141. The van der Waals surface area contributed by atoms with Gasteiger partial charge in [0.2, 0.25) is 5.91 Å². The standard InChI is InChI=1S/C22H31FN2O3/c1-27-20-5-4-17(13-19(20)23)14-24-10-8-22(9-11-24)7-6-21(26)25(16-22)15-18-3-2-12-28-18/h4-5,13,18H,2-3,6-12,14-16H2,1H3/t18-/m0/s1. The molecule has 1 aromatic rings. The summed E-state index contributed by atoms with van der Waals surface area (Å²) in [5, 5.41) is 0. The lowest BCUT2D eigenvalue weighted by Crippen LogP contribution is -2.52. The third-order valence-electron chi connectivity index (χ3n) is 6.74. The zero-order valence-electron chi connectivity index (χ0n) is 16.8. The zero-order valence-corrected chi connectivity index (χ0v) is 16.8. The molecule has 1 atom stereocenters. The number of likely N-dealkylation sites (tertiary alicyclic amines) is 2. The van der Waals surface area contributed by atoms with Crippen LogP contribution in [0.2, 0.25) is 0 Å². The average molecular weight is 390 g/mol. The molecule has 3 aliphatic heterocycles. The Balaban J connectivity index is 1.32. The fourth-order valence-corrected chi connectivity index (χ4v) is 4.96. The Morgan fingerprint density at radius 1 is 1.29 bits per heavy atom. The number of rotatable bonds is 5. The Labute approximate surface area is 166 Å². The Morgan fingerprint density at radius 2 is 2.11 bits per heavy atom. The molecular formula is C22H31FN2O3. The molecule has 5 nitrogen and oxygen atoms in total. The number of benzene rings is 1. The molecule has 3 heterocycles. The average Bonchev–Trinajstić information content (AvgIpc) is 3.20. The van der Waals surface area contributed by atoms with Crippen LogP contribution in [0.1, 0.15) is 44.1 Å². The molecule has 3 fully saturated rings. The molecule has 3 aliphatic rings. The molecule has 154 valence electrons. The Kier molecular flexibility index (Phi) is 5.88. The zero-order chi connectivity index (χ0) is 19.6. The van der Waals surface area contributed by atoms with E-state index in [-0.39, 0.29) is 23.2 Å². The topological polar surface area (TPSA) is 42.0 Å². The highest BCUT2D eigenvalue weighted by Crippen LogP contribution is 2.40. The number of ether oxygens (including phenoxy) is 2. The van der Waals surface area contributed by atoms with Crippen LogP contribution in [-0.4, -0.2) is 61.7 Å². The monoisotopic (exact) mass is 390 g/mol. The number of carbonyl (C=O) groups is 1. The molecule has 4 rings (SSSR count). The maximum absolute atomic E-state index is 13.9. The van der Waals surface area contributed by atoms with Gasteiger partial charge in [0.25, 0.3) is 0 Å². The summed E-state index contributed by atoms with van der Waals surface area (Å²) in [6, 6.07) is 5.21. The van der Waals surface area contributed by atoms with Gasteiger partial charge in [-0.2, -0.15) is 0 Å². The number of amides is 1. The van der Waals surface area contributed by atoms with Crippen molar-refractivity contribution in [3.8, 4) is 5.75 Å². The smallest absolute Gasteiger partial charge is 0.222 e. The molecular weight excluding hydrogens is 359 g/mol. The van der Waals surface area contributed by atoms with Gasteiger partial charge in [-0.1, -0.05) is 6.07 Å². The van der Waals surface area contributed by atoms with Gasteiger partial charge in [-0.25, -0.2) is 4.39 Å². The van der Waals surface area contributed by atoms with Crippen molar-refractivity contribution in [3.05, 3.63) is 29.6 Å². The lowest BCUT2D eigenvalue weighted by atomic mass is 9.72. The van der Waals surface area contributed by atoms with Crippen LogP contribution in [0.3, 0.4) is 0 Å². The van der Waals surface area contributed by atoms with Crippen LogP contribution in [0, 0.1) is 11.2 Å². The van der Waals surface area contributed by atoms with E-state index in [1.54, 1.807) is 12.1 Å². The van der Waals surface area contributed by atoms with E-state index in [4.69, 9.17) is 9.47 Å². The van der Waals surface area contributed by atoms with Crippen molar-refractivity contribution >= 4 is 5.91 Å². The third-order valence-corrected chi connectivity index (χ3v) is 6.74. The normalized spacial score (nSPS) is 25.4. The maximum atomic E-state index is 13.9. The van der Waals surface area contributed by atoms with E-state index < -0.39 is 0 Å². The van der Waals surface area contributed by atoms with Crippen LogP contribution in [0.4, 0.5) is 4.39 Å². The van der Waals surface area contributed by atoms with Crippen LogP contribution in [0.15, 0.2) is 18.2 Å². The first-order valence-corrected chi connectivity index (χ1v) is 10.5. The number of hydrogen-bond donors (Lipinski definition) is 0. The number of halogens is 1. The summed E-state index contributed by atoms with van der Waals surface area (Å²) >= 11 is 0. The molecule has 1 aromatic carbocycles. The maximum Gasteiger partial charge on any atom is 0.222 e. The first kappa shape index (κ1) is 19.6. The van der Waals surface area contributed by atoms with Gasteiger partial charge >= 0.3 is 0 Å². The Bertz CT molecular complexity index is 697. The van der Waals surface area contributed by atoms with Gasteiger partial charge < -0.3 is 14.4 Å². The minimum Gasteiger partial charge on any atom is -0.494 e. The molecule has 0 unspecified atom stereocenters. The first-order valence-electron chi connectivity index (χ1n) is 10.5. The number of hydrogen-bond acceptors (Lipinski definition) is 4. The van der Waals surface area contributed by atoms with E-state index in [2.05, 4.69) is 9.80 Å². The van der Waals surface area contributed by atoms with Crippen LogP contribution in [0.25, 0.3) is 0 Å². The van der Waals surface area contributed by atoms with Gasteiger partial charge in [0.15, 0.2) is 11.6 Å². The molecule has 0 bridgehead atoms. The summed E-state index contributed by atoms with van der Waals surface area (Å²) < 4.78 is 24.7. The van der Waals surface area contributed by atoms with Crippen molar-refractivity contribution in [2.45, 2.75) is 51.2 Å². The van der Waals surface area contributed by atoms with Gasteiger partial charge in [0.05, 0.1) is 13.2 Å². The van der Waals surface area contributed by atoms with Gasteiger partial charge in [-0.15, -0.1) is 0 Å². The molecule has 6 heteroatoms. The molecule has 1 spiro atoms. The second-order valence-corrected chi connectivity index (χ2v) is 8.65. The summed E-state index contributed by atoms with van der Waals surface area (Å²) in [5.41, 5.74) is 1.22. The van der Waals surface area contributed by atoms with Gasteiger partial charge in [-0.3, -0.25) is 9.69 Å². The number of nitrogens with zero attached hydrogens (tertiary/aromatic N) is 2. The van der Waals surface area contributed by atoms with Crippen LogP contribution < -0.4 is 4.74 Å². The minimum atomic E-state index is -0.302. The van der Waals surface area contributed by atoms with Crippen molar-refractivity contribution in [2.24, 2.45) is 5.41 Å². The van der Waals surface area contributed by atoms with Crippen LogP contribution in [0.5, 0.6) is 5.75 Å². The van der Waals surface area contributed by atoms with E-state index in [0.717, 1.165) is 77.0 Å². The van der Waals surface area contributed by atoms with Crippen molar-refractivity contribution in [1.82, 2.24) is 9.80 Å². The summed E-state index contributed by atoms with van der Waals surface area (Å²) in [6.45, 7) is 5.21. The Hall–Kier alpha value is -1.66. The fourth-order valence-electron chi connectivity index (χ4n) is 4.96. The number of methoxy groups -OCH3 is 1. The molecule has 0 N–H and O–H groups in total. The summed E-state index contributed by atoms with van der Waals surface area (Å²) in [5.74, 6) is 0.279. The second-order valence-electron chi connectivity index (χ2n) is 8.65. The van der Waals surface area contributed by atoms with E-state index in [1.165, 1.54) is 7.11 Å². The van der Waals surface area contributed by atoms with Gasteiger partial charge in [0, 0.05) is 32.7 Å². The number of carbonyl (C=O) groups excluding carboxylic acids is 1. The summed E-state index contributed by atoms with van der Waals surface area (Å²) in [4.78, 5) is 16.9. The quantitative estimate of drug-likeness (QED) is 0.774. The van der Waals surface area contributed by atoms with E-state index >= 15 is 0 Å². The minimum absolute atomic E-state index is 0.226. The molecule has 28 heavy (non-hydrogen) atoms. The molecule has 1 amide bonds. The van der Waals surface area contributed by atoms with Crippen LogP contribution in [-0.2, 0) is 16.1 Å². The van der Waals surface area contributed by atoms with Crippen molar-refractivity contribution in [3.63, 3.8) is 0 Å². The van der Waals surface area contributed by atoms with Crippen LogP contribution >= 0.6 is 0 Å². The number of piperidine rings is 2. The highest BCUT2D eigenvalue weighted by Gasteiger charge is 2.41. The molecule has 3 saturated heterocycles. The van der Waals surface area contributed by atoms with E-state index in [9.17, 15) is 9.18 Å². The van der Waals surface area contributed by atoms with Gasteiger partial charge in [-0.05, 0) is 68.3 Å². The SMILES string of the molecule is COc1ccc(CN2CCC3(CCC(=O)N(C[C@@H]4CCCO4)C3)CC2)cc1F. The molecule has 0 radical (unpaired) electrons. The highest BCUT2D eigenvalue weighted by atomic mass is 19.1. The summed E-state index contributed by atoms with van der Waals surface area (Å²) in [6.07, 6.45) is 6.27. The molecule has 0 aliphatic carbocycles. The first-order chi connectivity index (χ1) is 13.6. The molecule has 0 aromatic heterocycles. The molecule has 0 saturated carbocycles. The van der Waals surface area contributed by atoms with E-state index in [1.807, 2.05) is 6.07 Å². The second kappa shape index (κ2) is 8.37. The summed E-state index contributed by atoms with van der Waals surface area (Å²) in [7, 11) is 1.49. The predicted octanol–water partition coefficient (Wildman–Crippen LogP) is 3.22. The third kappa shape index (κ3) is 4.33. The highest BCUT2D eigenvalue weighted by molar-refractivity contribution is 5.77. The van der Waals surface area contributed by atoms with Crippen molar-refractivity contribution < 1.29 is 18.7 Å². The fraction of sp³-hybridized carbons (Fsp3) is 0.682. The Morgan fingerprint density at radius 3 is 2.79 bits per heavy atom. The largest absolute Gasteiger partial charge is 0.494 e. The van der Waals surface area contributed by atoms with Crippen molar-refractivity contribution in [1.29, 1.82) is 0 Å². The van der Waals surface area contributed by atoms with Crippen molar-refractivity contribution in [2.75, 3.05) is 39.9 Å².